The number of carboxylic acid groups (broad SMARTS) is 1. The van der Waals surface area contributed by atoms with Gasteiger partial charge in [0.05, 0.1) is 0 Å². The summed E-state index contributed by atoms with van der Waals surface area (Å²) in [5, 5.41) is 15.2. The quantitative estimate of drug-likeness (QED) is 0.670. The maximum atomic E-state index is 13.2. The predicted molar refractivity (Wildman–Crippen MR) is 93.9 cm³/mol. The van der Waals surface area contributed by atoms with Crippen LogP contribution in [-0.2, 0) is 9.59 Å². The van der Waals surface area contributed by atoms with E-state index in [-0.39, 0.29) is 29.6 Å². The molecule has 140 valence electrons. The molecule has 1 heterocycles. The Morgan fingerprint density at radius 3 is 2.44 bits per heavy atom. The van der Waals surface area contributed by atoms with Crippen molar-refractivity contribution in [1.82, 2.24) is 15.5 Å². The molecule has 0 spiro atoms. The van der Waals surface area contributed by atoms with Crippen LogP contribution in [0.1, 0.15) is 40.5 Å². The fourth-order valence-corrected chi connectivity index (χ4v) is 4.44. The van der Waals surface area contributed by atoms with Crippen LogP contribution >= 0.6 is 0 Å². The topological polar surface area (TPSA) is 98.7 Å². The van der Waals surface area contributed by atoms with Crippen molar-refractivity contribution in [2.24, 2.45) is 17.8 Å². The molecule has 1 saturated carbocycles. The van der Waals surface area contributed by atoms with E-state index < -0.39 is 17.2 Å². The molecule has 3 N–H and O–H groups in total. The Balaban J connectivity index is 2.38. The van der Waals surface area contributed by atoms with Crippen molar-refractivity contribution in [3.63, 3.8) is 0 Å². The van der Waals surface area contributed by atoms with Crippen LogP contribution in [0.5, 0.6) is 0 Å². The van der Waals surface area contributed by atoms with Crippen LogP contribution in [0.4, 0.5) is 4.79 Å². The summed E-state index contributed by atoms with van der Waals surface area (Å²) in [7, 11) is 0. The van der Waals surface area contributed by atoms with Gasteiger partial charge in [0.25, 0.3) is 0 Å². The lowest BCUT2D eigenvalue weighted by Gasteiger charge is -2.39. The third-order valence-electron chi connectivity index (χ3n) is 5.21. The van der Waals surface area contributed by atoms with Gasteiger partial charge >= 0.3 is 6.09 Å². The molecule has 1 unspecified atom stereocenters. The number of rotatable bonds is 4. The number of allylic oxidation sites excluding steroid dienone is 1. The van der Waals surface area contributed by atoms with Crippen LogP contribution in [-0.4, -0.2) is 52.1 Å². The second-order valence-electron chi connectivity index (χ2n) is 8.30. The molecule has 25 heavy (non-hydrogen) atoms. The van der Waals surface area contributed by atoms with Crippen LogP contribution in [0.2, 0.25) is 0 Å². The zero-order valence-electron chi connectivity index (χ0n) is 15.5. The van der Waals surface area contributed by atoms with E-state index in [1.54, 1.807) is 6.08 Å². The number of amides is 3. The van der Waals surface area contributed by atoms with E-state index in [4.69, 9.17) is 0 Å². The van der Waals surface area contributed by atoms with Gasteiger partial charge in [0.15, 0.2) is 0 Å². The zero-order chi connectivity index (χ0) is 19.0. The lowest BCUT2D eigenvalue weighted by Crippen LogP contribution is -2.64. The molecule has 0 aromatic heterocycles. The average molecular weight is 351 g/mol. The minimum absolute atomic E-state index is 0.0340. The molecule has 0 radical (unpaired) electrons. The number of nitrogens with one attached hydrogen (secondary N) is 2. The summed E-state index contributed by atoms with van der Waals surface area (Å²) in [6.07, 6.45) is 1.81. The summed E-state index contributed by atoms with van der Waals surface area (Å²) >= 11 is 0. The van der Waals surface area contributed by atoms with Crippen molar-refractivity contribution in [1.29, 1.82) is 0 Å². The summed E-state index contributed by atoms with van der Waals surface area (Å²) in [6, 6.07) is 0. The molecule has 0 aromatic carbocycles. The highest BCUT2D eigenvalue weighted by Gasteiger charge is 2.60. The maximum Gasteiger partial charge on any atom is 0.407 e. The van der Waals surface area contributed by atoms with E-state index in [0.717, 1.165) is 0 Å². The molecule has 4 atom stereocenters. The fourth-order valence-electron chi connectivity index (χ4n) is 4.44. The Morgan fingerprint density at radius 1 is 1.32 bits per heavy atom. The number of nitrogens with zero attached hydrogens (tertiary/aromatic N) is 1. The lowest BCUT2D eigenvalue weighted by atomic mass is 9.79. The van der Waals surface area contributed by atoms with Gasteiger partial charge in [0.2, 0.25) is 11.8 Å². The number of carbonyl (C=O) groups is 3. The molecule has 7 heteroatoms. The molecule has 0 aromatic rings. The van der Waals surface area contributed by atoms with Gasteiger partial charge in [-0.15, -0.1) is 6.58 Å². The first-order valence-electron chi connectivity index (χ1n) is 8.70. The van der Waals surface area contributed by atoms with E-state index in [1.807, 2.05) is 20.8 Å². The molecule has 7 nitrogen and oxygen atoms in total. The van der Waals surface area contributed by atoms with Crippen molar-refractivity contribution in [2.45, 2.75) is 51.6 Å². The van der Waals surface area contributed by atoms with Crippen LogP contribution in [0.15, 0.2) is 12.7 Å². The Kier molecular flexibility index (Phi) is 5.16. The monoisotopic (exact) mass is 351 g/mol. The molecule has 2 rings (SSSR count). The smallest absolute Gasteiger partial charge is 0.407 e. The molecule has 1 saturated heterocycles. The summed E-state index contributed by atoms with van der Waals surface area (Å²) in [4.78, 5) is 37.8. The van der Waals surface area contributed by atoms with Crippen LogP contribution in [0.25, 0.3) is 0 Å². The zero-order valence-corrected chi connectivity index (χ0v) is 15.5. The van der Waals surface area contributed by atoms with E-state index in [2.05, 4.69) is 17.2 Å². The molecule has 0 bridgehead atoms. The first-order chi connectivity index (χ1) is 11.5. The van der Waals surface area contributed by atoms with Crippen molar-refractivity contribution in [3.8, 4) is 0 Å². The first-order valence-corrected chi connectivity index (χ1v) is 8.70. The van der Waals surface area contributed by atoms with Crippen LogP contribution in [0, 0.1) is 17.8 Å². The molecular formula is C18H29N3O4. The van der Waals surface area contributed by atoms with Crippen LogP contribution in [0.3, 0.4) is 0 Å². The third kappa shape index (κ3) is 3.80. The largest absolute Gasteiger partial charge is 0.465 e. The number of likely N-dealkylation sites (tertiary alicyclic amines) is 1. The molecule has 2 aliphatic rings. The van der Waals surface area contributed by atoms with Gasteiger partial charge in [-0.05, 0) is 51.4 Å². The Bertz CT molecular complexity index is 583. The highest BCUT2D eigenvalue weighted by molar-refractivity contribution is 5.92. The number of hydrogen-bond donors (Lipinski definition) is 3. The van der Waals surface area contributed by atoms with Gasteiger partial charge in [-0.25, -0.2) is 4.79 Å². The van der Waals surface area contributed by atoms with Crippen molar-refractivity contribution in [3.05, 3.63) is 12.7 Å². The van der Waals surface area contributed by atoms with E-state index >= 15 is 0 Å². The maximum absolute atomic E-state index is 13.2. The number of carbonyl (C=O) groups excluding carboxylic acids is 2. The van der Waals surface area contributed by atoms with E-state index in [1.165, 1.54) is 11.8 Å². The van der Waals surface area contributed by atoms with Crippen molar-refractivity contribution >= 4 is 17.9 Å². The molecule has 2 fully saturated rings. The minimum atomic E-state index is -1.02. The van der Waals surface area contributed by atoms with Gasteiger partial charge in [0, 0.05) is 25.6 Å². The van der Waals surface area contributed by atoms with Gasteiger partial charge in [-0.1, -0.05) is 6.08 Å². The van der Waals surface area contributed by atoms with Crippen LogP contribution < -0.4 is 10.6 Å². The number of hydrogen-bond acceptors (Lipinski definition) is 3. The van der Waals surface area contributed by atoms with Gasteiger partial charge in [-0.2, -0.15) is 0 Å². The lowest BCUT2D eigenvalue weighted by molar-refractivity contribution is -0.136. The van der Waals surface area contributed by atoms with Crippen molar-refractivity contribution < 1.29 is 19.5 Å². The first kappa shape index (κ1) is 19.3. The second-order valence-corrected chi connectivity index (χ2v) is 8.30. The normalized spacial score (nSPS) is 31.4. The molecule has 1 aliphatic carbocycles. The molecule has 1 aliphatic heterocycles. The van der Waals surface area contributed by atoms with Crippen molar-refractivity contribution in [2.75, 3.05) is 13.1 Å². The Labute approximate surface area is 148 Å². The summed E-state index contributed by atoms with van der Waals surface area (Å²) in [5.41, 5.74) is -1.45. The highest BCUT2D eigenvalue weighted by Crippen LogP contribution is 2.50. The molecule has 3 amide bonds. The SMILES string of the molecule is C=CC[C@H]1[C@@H]2CN(C(=O)O)C[C@@H]2CC1(NC(C)=O)C(=O)NC(C)(C)C. The van der Waals surface area contributed by atoms with Gasteiger partial charge in [-0.3, -0.25) is 9.59 Å². The Hall–Kier alpha value is -2.05. The van der Waals surface area contributed by atoms with Gasteiger partial charge < -0.3 is 20.6 Å². The van der Waals surface area contributed by atoms with E-state index in [9.17, 15) is 19.5 Å². The van der Waals surface area contributed by atoms with Gasteiger partial charge in [0.1, 0.15) is 5.54 Å². The standard InChI is InChI=1S/C18H29N3O4/c1-6-7-14-13-10-21(16(24)25)9-12(13)8-18(14,19-11(2)22)15(23)20-17(3,4)5/h6,12-14H,1,7-10H2,2-5H3,(H,19,22)(H,20,23)(H,24,25)/t12-,13+,14-,18?/m0/s1. The third-order valence-corrected chi connectivity index (χ3v) is 5.21. The summed E-state index contributed by atoms with van der Waals surface area (Å²) in [6.45, 7) is 11.7. The predicted octanol–water partition coefficient (Wildman–Crippen LogP) is 1.60. The number of fused-ring (bicyclic) bond motifs is 1. The summed E-state index contributed by atoms with van der Waals surface area (Å²) in [5.74, 6) is -0.539. The highest BCUT2D eigenvalue weighted by atomic mass is 16.4. The average Bonchev–Trinajstić information content (AvgIpc) is 2.95. The second kappa shape index (κ2) is 6.69. The minimum Gasteiger partial charge on any atom is -0.465 e. The summed E-state index contributed by atoms with van der Waals surface area (Å²) < 4.78 is 0. The van der Waals surface area contributed by atoms with E-state index in [0.29, 0.717) is 25.9 Å². The fraction of sp³-hybridized carbons (Fsp3) is 0.722. The Morgan fingerprint density at radius 2 is 1.96 bits per heavy atom. The molecular weight excluding hydrogens is 322 g/mol.